The number of anilines is 1. The first-order valence-electron chi connectivity index (χ1n) is 10.7. The number of aryl methyl sites for hydroxylation is 1. The molecule has 2 aromatic heterocycles. The third-order valence-corrected chi connectivity index (χ3v) is 6.36. The summed E-state index contributed by atoms with van der Waals surface area (Å²) < 4.78 is 18.9. The van der Waals surface area contributed by atoms with Gasteiger partial charge in [0.2, 0.25) is 5.95 Å². The molecule has 1 unspecified atom stereocenters. The maximum absolute atomic E-state index is 12.6. The van der Waals surface area contributed by atoms with Crippen molar-refractivity contribution in [2.24, 2.45) is 0 Å². The second-order valence-electron chi connectivity index (χ2n) is 7.76. The third kappa shape index (κ3) is 4.90. The van der Waals surface area contributed by atoms with Crippen LogP contribution in [0.3, 0.4) is 0 Å². The third-order valence-electron chi connectivity index (χ3n) is 5.47. The van der Waals surface area contributed by atoms with Gasteiger partial charge in [-0.15, -0.1) is 11.8 Å². The molecule has 1 saturated heterocycles. The van der Waals surface area contributed by atoms with Crippen LogP contribution in [0.2, 0.25) is 0 Å². The summed E-state index contributed by atoms with van der Waals surface area (Å²) in [5.41, 5.74) is 1.38. The van der Waals surface area contributed by atoms with Crippen LogP contribution in [-0.2, 0) is 19.0 Å². The summed E-state index contributed by atoms with van der Waals surface area (Å²) in [4.78, 5) is 36.9. The summed E-state index contributed by atoms with van der Waals surface area (Å²) in [7, 11) is 1.53. The van der Waals surface area contributed by atoms with Crippen LogP contribution in [0.1, 0.15) is 32.1 Å². The second-order valence-corrected chi connectivity index (χ2v) is 8.81. The van der Waals surface area contributed by atoms with Crippen LogP contribution in [0, 0.1) is 6.92 Å². The number of carbonyl (C=O) groups excluding carboxylic acids is 1. The molecular weight excluding hydrogens is 446 g/mol. The number of imidazole rings is 1. The molecular formula is C22H27N5O5S. The van der Waals surface area contributed by atoms with Crippen LogP contribution in [-0.4, -0.2) is 56.8 Å². The molecule has 1 fully saturated rings. The Morgan fingerprint density at radius 1 is 1.30 bits per heavy atom. The molecule has 176 valence electrons. The Bertz CT molecular complexity index is 1180. The number of thioether (sulfide) groups is 1. The van der Waals surface area contributed by atoms with Crippen LogP contribution in [0.5, 0.6) is 0 Å². The number of methoxy groups -OCH3 is 1. The first-order valence-corrected chi connectivity index (χ1v) is 11.7. The number of carbonyl (C=O) groups is 1. The van der Waals surface area contributed by atoms with E-state index in [9.17, 15) is 9.59 Å². The van der Waals surface area contributed by atoms with Gasteiger partial charge in [-0.1, -0.05) is 24.6 Å². The average molecular weight is 474 g/mol. The lowest BCUT2D eigenvalue weighted by Gasteiger charge is -2.22. The molecule has 0 amide bonds. The van der Waals surface area contributed by atoms with Gasteiger partial charge in [-0.2, -0.15) is 4.98 Å². The molecule has 1 aromatic carbocycles. The first-order chi connectivity index (χ1) is 15.9. The average Bonchev–Trinajstić information content (AvgIpc) is 3.36. The summed E-state index contributed by atoms with van der Waals surface area (Å²) >= 11 is 1.59. The lowest BCUT2D eigenvalue weighted by atomic mass is 10.1. The summed E-state index contributed by atoms with van der Waals surface area (Å²) in [5.74, 6) is 0.426. The number of esters is 1. The Morgan fingerprint density at radius 2 is 2.06 bits per heavy atom. The van der Waals surface area contributed by atoms with Crippen LogP contribution in [0.25, 0.3) is 11.2 Å². The predicted octanol–water partition coefficient (Wildman–Crippen LogP) is 2.84. The highest BCUT2D eigenvalue weighted by atomic mass is 32.2. The van der Waals surface area contributed by atoms with Gasteiger partial charge < -0.3 is 19.5 Å². The lowest BCUT2D eigenvalue weighted by molar-refractivity contribution is -0.153. The number of benzene rings is 1. The second kappa shape index (κ2) is 9.94. The molecule has 10 nitrogen and oxygen atoms in total. The van der Waals surface area contributed by atoms with E-state index in [0.717, 1.165) is 4.90 Å². The number of nitrogens with zero attached hydrogens (tertiary/aromatic N) is 3. The number of rotatable bonds is 8. The Morgan fingerprint density at radius 3 is 2.73 bits per heavy atom. The number of hydrogen-bond donors (Lipinski definition) is 2. The largest absolute Gasteiger partial charge is 0.457 e. The predicted molar refractivity (Wildman–Crippen MR) is 124 cm³/mol. The SMILES string of the molecule is CC[C@H]1O[C@@H](n2cnc3c(=O)[nH]c(NCSc4ccc(C)cc4)nc32)[C@@H](OC)C1OC(C)=O. The molecule has 0 saturated carbocycles. The van der Waals surface area contributed by atoms with E-state index in [4.69, 9.17) is 14.2 Å². The molecule has 33 heavy (non-hydrogen) atoms. The minimum atomic E-state index is -0.654. The van der Waals surface area contributed by atoms with Crippen LogP contribution in [0.4, 0.5) is 5.95 Å². The molecule has 0 radical (unpaired) electrons. The van der Waals surface area contributed by atoms with Crippen molar-refractivity contribution in [1.82, 2.24) is 19.5 Å². The lowest BCUT2D eigenvalue weighted by Crippen LogP contribution is -2.37. The first kappa shape index (κ1) is 23.3. The van der Waals surface area contributed by atoms with Gasteiger partial charge in [0.15, 0.2) is 23.5 Å². The van der Waals surface area contributed by atoms with E-state index in [1.807, 2.05) is 38.1 Å². The number of fused-ring (bicyclic) bond motifs is 1. The fourth-order valence-corrected chi connectivity index (χ4v) is 4.57. The number of nitrogens with one attached hydrogen (secondary N) is 2. The van der Waals surface area contributed by atoms with Gasteiger partial charge in [-0.3, -0.25) is 19.1 Å². The van der Waals surface area contributed by atoms with E-state index in [1.54, 1.807) is 16.3 Å². The fourth-order valence-electron chi connectivity index (χ4n) is 3.86. The van der Waals surface area contributed by atoms with Crippen molar-refractivity contribution in [3.05, 3.63) is 46.5 Å². The normalized spacial score (nSPS) is 22.5. The van der Waals surface area contributed by atoms with Crippen LogP contribution >= 0.6 is 11.8 Å². The van der Waals surface area contributed by atoms with Gasteiger partial charge in [-0.05, 0) is 25.5 Å². The highest BCUT2D eigenvalue weighted by Gasteiger charge is 2.47. The molecule has 2 N–H and O–H groups in total. The van der Waals surface area contributed by atoms with Crippen molar-refractivity contribution < 1.29 is 19.0 Å². The van der Waals surface area contributed by atoms with Crippen LogP contribution in [0.15, 0.2) is 40.3 Å². The number of aromatic nitrogens is 4. The maximum Gasteiger partial charge on any atom is 0.303 e. The molecule has 0 aliphatic carbocycles. The minimum absolute atomic E-state index is 0.189. The maximum atomic E-state index is 12.6. The Hall–Kier alpha value is -2.89. The summed E-state index contributed by atoms with van der Waals surface area (Å²) in [5, 5.41) is 3.14. The summed E-state index contributed by atoms with van der Waals surface area (Å²) in [6, 6.07) is 8.19. The quantitative estimate of drug-likeness (QED) is 0.289. The number of hydrogen-bond acceptors (Lipinski definition) is 9. The molecule has 3 aromatic rings. The van der Waals surface area contributed by atoms with Crippen molar-refractivity contribution in [1.29, 1.82) is 0 Å². The molecule has 4 atom stereocenters. The zero-order chi connectivity index (χ0) is 23.5. The van der Waals surface area contributed by atoms with Gasteiger partial charge in [0.25, 0.3) is 5.56 Å². The topological polar surface area (TPSA) is 120 Å². The molecule has 1 aliphatic rings. The monoisotopic (exact) mass is 473 g/mol. The number of aromatic amines is 1. The zero-order valence-corrected chi connectivity index (χ0v) is 19.7. The molecule has 4 rings (SSSR count). The Kier molecular flexibility index (Phi) is 7.01. The van der Waals surface area contributed by atoms with E-state index in [1.165, 1.54) is 25.9 Å². The van der Waals surface area contributed by atoms with Crippen molar-refractivity contribution in [2.45, 2.75) is 56.6 Å². The molecule has 0 bridgehead atoms. The van der Waals surface area contributed by atoms with Crippen molar-refractivity contribution in [3.8, 4) is 0 Å². The molecule has 0 spiro atoms. The van der Waals surface area contributed by atoms with Gasteiger partial charge in [0.1, 0.15) is 6.10 Å². The highest BCUT2D eigenvalue weighted by molar-refractivity contribution is 7.99. The van der Waals surface area contributed by atoms with Gasteiger partial charge in [-0.25, -0.2) is 4.98 Å². The summed E-state index contributed by atoms with van der Waals surface area (Å²) in [6.45, 7) is 5.34. The van der Waals surface area contributed by atoms with Gasteiger partial charge >= 0.3 is 5.97 Å². The zero-order valence-electron chi connectivity index (χ0n) is 18.9. The van der Waals surface area contributed by atoms with Crippen molar-refractivity contribution >= 4 is 34.8 Å². The van der Waals surface area contributed by atoms with Crippen molar-refractivity contribution in [3.63, 3.8) is 0 Å². The van der Waals surface area contributed by atoms with E-state index in [0.29, 0.717) is 23.9 Å². The smallest absolute Gasteiger partial charge is 0.303 e. The molecule has 3 heterocycles. The van der Waals surface area contributed by atoms with Gasteiger partial charge in [0, 0.05) is 18.9 Å². The Labute approximate surface area is 195 Å². The standard InChI is InChI=1S/C22H27N5O5S/c1-5-15-17(31-13(3)28)18(30-4)21(32-15)27-10-23-16-19(27)25-22(26-20(16)29)24-11-33-14-8-6-12(2)7-9-14/h6-10,15,17-18,21H,5,11H2,1-4H3,(H2,24,25,26,29)/t15-,17?,18+,21-/m1/s1. The summed E-state index contributed by atoms with van der Waals surface area (Å²) in [6.07, 6.45) is -0.0450. The number of H-pyrrole nitrogens is 1. The van der Waals surface area contributed by atoms with Gasteiger partial charge in [0.05, 0.1) is 18.3 Å². The van der Waals surface area contributed by atoms with Crippen LogP contribution < -0.4 is 10.9 Å². The molecule has 1 aliphatic heterocycles. The minimum Gasteiger partial charge on any atom is -0.457 e. The fraction of sp³-hybridized carbons (Fsp3) is 0.455. The number of ether oxygens (including phenoxy) is 3. The Balaban J connectivity index is 1.58. The van der Waals surface area contributed by atoms with Crippen molar-refractivity contribution in [2.75, 3.05) is 18.3 Å². The van der Waals surface area contributed by atoms with E-state index >= 15 is 0 Å². The highest BCUT2D eigenvalue weighted by Crippen LogP contribution is 2.36. The van der Waals surface area contributed by atoms with E-state index in [2.05, 4.69) is 20.3 Å². The van der Waals surface area contributed by atoms with E-state index < -0.39 is 24.4 Å². The molecule has 11 heteroatoms. The van der Waals surface area contributed by atoms with E-state index in [-0.39, 0.29) is 17.2 Å².